The number of thioether (sulfide) groups is 1. The Bertz CT molecular complexity index is 140. The summed E-state index contributed by atoms with van der Waals surface area (Å²) >= 11 is 1.17. The number of carbonyl (C=O) groups is 2. The molecule has 0 aliphatic heterocycles. The molecule has 3 nitrogen and oxygen atoms in total. The van der Waals surface area contributed by atoms with Crippen molar-refractivity contribution >= 4 is 32.2 Å². The van der Waals surface area contributed by atoms with Gasteiger partial charge in [-0.3, -0.25) is 9.59 Å². The van der Waals surface area contributed by atoms with Crippen LogP contribution in [0.3, 0.4) is 0 Å². The maximum Gasteiger partial charge on any atom is 0.223 e. The van der Waals surface area contributed by atoms with Gasteiger partial charge in [0.2, 0.25) is 5.91 Å². The van der Waals surface area contributed by atoms with Crippen molar-refractivity contribution in [1.82, 2.24) is 5.09 Å². The van der Waals surface area contributed by atoms with Crippen molar-refractivity contribution < 1.29 is 9.59 Å². The Kier molecular flexibility index (Phi) is 5.64. The van der Waals surface area contributed by atoms with Gasteiger partial charge >= 0.3 is 0 Å². The van der Waals surface area contributed by atoms with Gasteiger partial charge in [-0.1, -0.05) is 11.8 Å². The Balaban J connectivity index is 3.20. The van der Waals surface area contributed by atoms with Gasteiger partial charge in [-0.25, -0.2) is 0 Å². The van der Waals surface area contributed by atoms with Crippen LogP contribution in [0.15, 0.2) is 0 Å². The molecule has 0 bridgehead atoms. The quantitative estimate of drug-likeness (QED) is 0.644. The van der Waals surface area contributed by atoms with Gasteiger partial charge in [-0.05, 0) is 9.39 Å². The fourth-order valence-corrected chi connectivity index (χ4v) is 1.08. The van der Waals surface area contributed by atoms with E-state index in [-0.39, 0.29) is 11.0 Å². The summed E-state index contributed by atoms with van der Waals surface area (Å²) in [6, 6.07) is 0. The molecule has 0 saturated carbocycles. The van der Waals surface area contributed by atoms with Crippen LogP contribution in [0.25, 0.3) is 0 Å². The number of hydrogen-bond donors (Lipinski definition) is 1. The van der Waals surface area contributed by atoms with E-state index in [9.17, 15) is 9.59 Å². The highest BCUT2D eigenvalue weighted by molar-refractivity contribution is 8.13. The molecule has 0 aromatic heterocycles. The summed E-state index contributed by atoms with van der Waals surface area (Å²) in [4.78, 5) is 20.9. The van der Waals surface area contributed by atoms with Crippen LogP contribution < -0.4 is 5.09 Å². The van der Waals surface area contributed by atoms with Crippen LogP contribution in [-0.2, 0) is 9.59 Å². The van der Waals surface area contributed by atoms with Crippen LogP contribution in [0.4, 0.5) is 0 Å². The molecular weight excluding hydrogens is 169 g/mol. The fraction of sp³-hybridized carbons (Fsp3) is 0.600. The third-order valence-electron chi connectivity index (χ3n) is 0.795. The van der Waals surface area contributed by atoms with Crippen LogP contribution in [0.5, 0.6) is 0 Å². The number of hydrogen-bond acceptors (Lipinski definition) is 3. The number of rotatable bonds is 3. The van der Waals surface area contributed by atoms with Gasteiger partial charge < -0.3 is 5.09 Å². The van der Waals surface area contributed by atoms with Gasteiger partial charge in [-0.15, -0.1) is 0 Å². The molecule has 10 heavy (non-hydrogen) atoms. The summed E-state index contributed by atoms with van der Waals surface area (Å²) in [6.45, 7) is 1.49. The molecule has 1 amide bonds. The Morgan fingerprint density at radius 3 is 2.60 bits per heavy atom. The normalized spacial score (nSPS) is 9.00. The molecule has 0 saturated heterocycles. The molecular formula is C5H10NO2PS. The van der Waals surface area contributed by atoms with E-state index in [2.05, 4.69) is 14.5 Å². The zero-order chi connectivity index (χ0) is 7.98. The second-order valence-corrected chi connectivity index (χ2v) is 3.22. The maximum absolute atomic E-state index is 10.5. The molecule has 0 spiro atoms. The van der Waals surface area contributed by atoms with Crippen molar-refractivity contribution in [2.45, 2.75) is 13.3 Å². The minimum Gasteiger partial charge on any atom is -0.341 e. The van der Waals surface area contributed by atoms with Crippen LogP contribution >= 0.6 is 21.2 Å². The molecule has 0 fully saturated rings. The lowest BCUT2D eigenvalue weighted by Gasteiger charge is -1.95. The minimum atomic E-state index is -0.0567. The molecule has 0 aromatic carbocycles. The number of nitrogens with one attached hydrogen (secondary N) is 1. The molecule has 5 heteroatoms. The van der Waals surface area contributed by atoms with Gasteiger partial charge in [0.15, 0.2) is 5.12 Å². The van der Waals surface area contributed by atoms with Gasteiger partial charge in [0.25, 0.3) is 0 Å². The molecule has 1 atom stereocenters. The van der Waals surface area contributed by atoms with E-state index in [1.807, 2.05) is 0 Å². The van der Waals surface area contributed by atoms with Crippen LogP contribution in [-0.4, -0.2) is 16.8 Å². The minimum absolute atomic E-state index is 0.0524. The smallest absolute Gasteiger partial charge is 0.223 e. The lowest BCUT2D eigenvalue weighted by molar-refractivity contribution is -0.118. The predicted molar refractivity (Wildman–Crippen MR) is 45.6 cm³/mol. The van der Waals surface area contributed by atoms with E-state index in [0.29, 0.717) is 12.2 Å². The van der Waals surface area contributed by atoms with Gasteiger partial charge in [0.1, 0.15) is 0 Å². The molecule has 1 N–H and O–H groups in total. The zero-order valence-electron chi connectivity index (χ0n) is 5.72. The summed E-state index contributed by atoms with van der Waals surface area (Å²) in [5.41, 5.74) is 0. The van der Waals surface area contributed by atoms with E-state index in [4.69, 9.17) is 0 Å². The molecule has 0 heterocycles. The number of amides is 1. The van der Waals surface area contributed by atoms with Crippen LogP contribution in [0.1, 0.15) is 13.3 Å². The second kappa shape index (κ2) is 5.69. The lowest BCUT2D eigenvalue weighted by Crippen LogP contribution is -2.12. The Morgan fingerprint density at radius 1 is 1.60 bits per heavy atom. The molecule has 0 aliphatic rings. The summed E-state index contributed by atoms with van der Waals surface area (Å²) in [5.74, 6) is 0.508. The zero-order valence-corrected chi connectivity index (χ0v) is 7.69. The summed E-state index contributed by atoms with van der Waals surface area (Å²) < 4.78 is 0. The van der Waals surface area contributed by atoms with Gasteiger partial charge in [0.05, 0.1) is 0 Å². The summed E-state index contributed by atoms with van der Waals surface area (Å²) in [6.07, 6.45) is 0.397. The van der Waals surface area contributed by atoms with E-state index in [1.54, 1.807) is 0 Å². The standard InChI is InChI=1S/C5H10NO2PS/c1-4(7)10-3-2-5(8)6-9/h2-3,9H2,1H3,(H,6,8). The monoisotopic (exact) mass is 179 g/mol. The van der Waals surface area contributed by atoms with E-state index in [1.165, 1.54) is 18.7 Å². The van der Waals surface area contributed by atoms with Gasteiger partial charge in [0, 0.05) is 19.1 Å². The Hall–Kier alpha value is -0.0800. The first-order valence-electron chi connectivity index (χ1n) is 2.79. The van der Waals surface area contributed by atoms with E-state index >= 15 is 0 Å². The molecule has 1 unspecified atom stereocenters. The summed E-state index contributed by atoms with van der Waals surface area (Å²) in [7, 11) is 2.12. The molecule has 58 valence electrons. The first-order valence-corrected chi connectivity index (χ1v) is 4.36. The van der Waals surface area contributed by atoms with Crippen molar-refractivity contribution in [3.05, 3.63) is 0 Å². The van der Waals surface area contributed by atoms with E-state index < -0.39 is 0 Å². The van der Waals surface area contributed by atoms with Crippen molar-refractivity contribution in [2.75, 3.05) is 5.75 Å². The molecule has 0 aliphatic carbocycles. The van der Waals surface area contributed by atoms with Gasteiger partial charge in [-0.2, -0.15) is 0 Å². The van der Waals surface area contributed by atoms with Crippen molar-refractivity contribution in [1.29, 1.82) is 0 Å². The fourth-order valence-electron chi connectivity index (χ4n) is 0.360. The average Bonchev–Trinajstić information content (AvgIpc) is 1.87. The first kappa shape index (κ1) is 9.92. The topological polar surface area (TPSA) is 46.2 Å². The van der Waals surface area contributed by atoms with Crippen molar-refractivity contribution in [3.8, 4) is 0 Å². The Labute approximate surface area is 66.6 Å². The highest BCUT2D eigenvalue weighted by Gasteiger charge is 1.98. The number of carbonyl (C=O) groups excluding carboxylic acids is 2. The highest BCUT2D eigenvalue weighted by Crippen LogP contribution is 2.02. The summed E-state index contributed by atoms with van der Waals surface area (Å²) in [5, 5.41) is 2.44. The average molecular weight is 179 g/mol. The predicted octanol–water partition coefficient (Wildman–Crippen LogP) is 0.562. The molecule has 0 radical (unpaired) electrons. The van der Waals surface area contributed by atoms with Crippen LogP contribution in [0, 0.1) is 0 Å². The van der Waals surface area contributed by atoms with Crippen molar-refractivity contribution in [3.63, 3.8) is 0 Å². The lowest BCUT2D eigenvalue weighted by atomic mass is 10.5. The first-order chi connectivity index (χ1) is 4.66. The SMILES string of the molecule is CC(=O)SCCC(=O)NP. The van der Waals surface area contributed by atoms with Crippen LogP contribution in [0.2, 0.25) is 0 Å². The second-order valence-electron chi connectivity index (χ2n) is 1.66. The third-order valence-corrected chi connectivity index (χ3v) is 1.93. The molecule has 0 rings (SSSR count). The largest absolute Gasteiger partial charge is 0.341 e. The molecule has 0 aromatic rings. The third kappa shape index (κ3) is 6.05. The maximum atomic E-state index is 10.5. The Morgan fingerprint density at radius 2 is 2.20 bits per heavy atom. The highest BCUT2D eigenvalue weighted by atomic mass is 32.2. The van der Waals surface area contributed by atoms with E-state index in [0.717, 1.165) is 0 Å². The van der Waals surface area contributed by atoms with Crippen molar-refractivity contribution in [2.24, 2.45) is 0 Å².